The predicted octanol–water partition coefficient (Wildman–Crippen LogP) is 3.25. The molecule has 142 valence electrons. The summed E-state index contributed by atoms with van der Waals surface area (Å²) in [6.07, 6.45) is 1.07. The van der Waals surface area contributed by atoms with Crippen LogP contribution in [0.5, 0.6) is 0 Å². The van der Waals surface area contributed by atoms with Crippen LogP contribution in [0.15, 0.2) is 23.1 Å². The molecule has 1 heterocycles. The fourth-order valence-corrected chi connectivity index (χ4v) is 5.75. The van der Waals surface area contributed by atoms with Crippen LogP contribution in [-0.2, 0) is 20.6 Å². The average molecular weight is 401 g/mol. The minimum absolute atomic E-state index is 0.139. The number of anilines is 1. The molecule has 0 spiro atoms. The number of halogens is 4. The maximum Gasteiger partial charge on any atom is 0.501 e. The van der Waals surface area contributed by atoms with E-state index in [2.05, 4.69) is 0 Å². The lowest BCUT2D eigenvalue weighted by Crippen LogP contribution is -2.53. The molecule has 2 rings (SSSR count). The number of benzene rings is 1. The van der Waals surface area contributed by atoms with E-state index < -0.39 is 41.6 Å². The van der Waals surface area contributed by atoms with Gasteiger partial charge in [-0.2, -0.15) is 13.2 Å². The first-order chi connectivity index (χ1) is 11.5. The molecule has 0 amide bonds. The van der Waals surface area contributed by atoms with Crippen molar-refractivity contribution in [3.8, 4) is 0 Å². The van der Waals surface area contributed by atoms with Gasteiger partial charge in [0, 0.05) is 29.6 Å². The van der Waals surface area contributed by atoms with Crippen molar-refractivity contribution in [2.45, 2.75) is 41.8 Å². The maximum atomic E-state index is 13.5. The van der Waals surface area contributed by atoms with Gasteiger partial charge in [-0.25, -0.2) is 12.8 Å². The van der Waals surface area contributed by atoms with Gasteiger partial charge in [0.05, 0.1) is 10.4 Å². The van der Waals surface area contributed by atoms with E-state index in [-0.39, 0.29) is 24.5 Å². The first kappa shape index (κ1) is 20.2. The lowest BCUT2D eigenvalue weighted by molar-refractivity contribution is -0.0435. The topological polar surface area (TPSA) is 54.5 Å². The molecule has 0 aromatic heterocycles. The highest BCUT2D eigenvalue weighted by molar-refractivity contribution is 7.92. The van der Waals surface area contributed by atoms with Gasteiger partial charge in [0.15, 0.2) is 0 Å². The van der Waals surface area contributed by atoms with Crippen molar-refractivity contribution in [1.29, 1.82) is 0 Å². The second-order valence-corrected chi connectivity index (χ2v) is 9.80. The van der Waals surface area contributed by atoms with Crippen LogP contribution in [-0.4, -0.2) is 41.7 Å². The normalized spacial score (nSPS) is 21.4. The Hall–Kier alpha value is -1.16. The van der Waals surface area contributed by atoms with E-state index >= 15 is 0 Å². The quantitative estimate of drug-likeness (QED) is 0.727. The van der Waals surface area contributed by atoms with E-state index in [0.717, 1.165) is 12.1 Å². The summed E-state index contributed by atoms with van der Waals surface area (Å²) in [5.41, 5.74) is -5.73. The van der Waals surface area contributed by atoms with Crippen molar-refractivity contribution in [3.63, 3.8) is 0 Å². The molecular formula is C15H19F4NO3S2. The molecule has 10 heteroatoms. The second kappa shape index (κ2) is 6.86. The summed E-state index contributed by atoms with van der Waals surface area (Å²) in [5.74, 6) is -0.853. The molecular weight excluding hydrogens is 382 g/mol. The van der Waals surface area contributed by atoms with Crippen molar-refractivity contribution < 1.29 is 30.2 Å². The van der Waals surface area contributed by atoms with E-state index in [1.165, 1.54) is 4.90 Å². The lowest BCUT2D eigenvalue weighted by atomic mass is 10.0. The van der Waals surface area contributed by atoms with E-state index in [1.807, 2.05) is 13.8 Å². The molecule has 1 atom stereocenters. The first-order valence-electron chi connectivity index (χ1n) is 7.73. The summed E-state index contributed by atoms with van der Waals surface area (Å²) in [5, 5.41) is 0. The van der Waals surface area contributed by atoms with Gasteiger partial charge < -0.3 is 4.90 Å². The molecule has 0 N–H and O–H groups in total. The lowest BCUT2D eigenvalue weighted by Gasteiger charge is -2.42. The highest BCUT2D eigenvalue weighted by Gasteiger charge is 2.49. The van der Waals surface area contributed by atoms with Crippen molar-refractivity contribution in [1.82, 2.24) is 0 Å². The Labute approximate surface area is 146 Å². The number of sulfone groups is 1. The maximum absolute atomic E-state index is 13.5. The summed E-state index contributed by atoms with van der Waals surface area (Å²) in [7, 11) is -6.87. The monoisotopic (exact) mass is 401 g/mol. The molecule has 1 aromatic carbocycles. The Morgan fingerprint density at radius 3 is 2.36 bits per heavy atom. The summed E-state index contributed by atoms with van der Waals surface area (Å²) in [6, 6.07) is 2.36. The van der Waals surface area contributed by atoms with Crippen LogP contribution in [0.4, 0.5) is 23.2 Å². The molecule has 1 fully saturated rings. The van der Waals surface area contributed by atoms with Crippen molar-refractivity contribution in [3.05, 3.63) is 24.0 Å². The molecule has 1 unspecified atom stereocenters. The van der Waals surface area contributed by atoms with E-state index in [0.29, 0.717) is 18.9 Å². The van der Waals surface area contributed by atoms with Crippen LogP contribution in [0.2, 0.25) is 0 Å². The predicted molar refractivity (Wildman–Crippen MR) is 88.2 cm³/mol. The molecule has 1 aliphatic heterocycles. The zero-order chi connectivity index (χ0) is 19.0. The van der Waals surface area contributed by atoms with Crippen molar-refractivity contribution in [2.24, 2.45) is 0 Å². The van der Waals surface area contributed by atoms with Gasteiger partial charge in [-0.1, -0.05) is 13.8 Å². The van der Waals surface area contributed by atoms with Gasteiger partial charge in [0.2, 0.25) is 0 Å². The Morgan fingerprint density at radius 1 is 1.24 bits per heavy atom. The third kappa shape index (κ3) is 3.55. The summed E-state index contributed by atoms with van der Waals surface area (Å²) < 4.78 is 87.8. The molecule has 1 saturated heterocycles. The zero-order valence-corrected chi connectivity index (χ0v) is 15.4. The number of hydrogen-bond acceptors (Lipinski definition) is 4. The van der Waals surface area contributed by atoms with Crippen LogP contribution >= 0.6 is 0 Å². The SMILES string of the molecule is CCC1(CC)CN(c2ccc(F)cc2S(=O)(=O)C(F)(F)F)CCS1=O. The van der Waals surface area contributed by atoms with Gasteiger partial charge in [-0.15, -0.1) is 0 Å². The molecule has 1 aliphatic rings. The Balaban J connectivity index is 2.56. The molecule has 0 saturated carbocycles. The largest absolute Gasteiger partial charge is 0.501 e. The fraction of sp³-hybridized carbons (Fsp3) is 0.600. The van der Waals surface area contributed by atoms with Crippen molar-refractivity contribution >= 4 is 26.3 Å². The van der Waals surface area contributed by atoms with Crippen LogP contribution in [0.25, 0.3) is 0 Å². The molecule has 1 aromatic rings. The summed E-state index contributed by atoms with van der Waals surface area (Å²) >= 11 is 0. The summed E-state index contributed by atoms with van der Waals surface area (Å²) in [4.78, 5) is 0.362. The van der Waals surface area contributed by atoms with E-state index in [1.54, 1.807) is 0 Å². The minimum Gasteiger partial charge on any atom is -0.368 e. The van der Waals surface area contributed by atoms with Gasteiger partial charge in [0.1, 0.15) is 10.7 Å². The number of rotatable bonds is 4. The smallest absolute Gasteiger partial charge is 0.368 e. The van der Waals surface area contributed by atoms with Gasteiger partial charge in [0.25, 0.3) is 9.84 Å². The zero-order valence-electron chi connectivity index (χ0n) is 13.8. The highest BCUT2D eigenvalue weighted by Crippen LogP contribution is 2.39. The standard InChI is InChI=1S/C15H19F4NO3S2/c1-3-14(4-2)10-20(7-8-24(14)21)12-6-5-11(16)9-13(12)25(22,23)15(17,18)19/h5-6,9H,3-4,7-8,10H2,1-2H3. The summed E-state index contributed by atoms with van der Waals surface area (Å²) in [6.45, 7) is 3.96. The van der Waals surface area contributed by atoms with Crippen LogP contribution in [0, 0.1) is 5.82 Å². The van der Waals surface area contributed by atoms with Gasteiger partial charge >= 0.3 is 5.51 Å². The Bertz CT molecular complexity index is 773. The van der Waals surface area contributed by atoms with E-state index in [4.69, 9.17) is 0 Å². The fourth-order valence-electron chi connectivity index (χ4n) is 3.00. The number of hydrogen-bond donors (Lipinski definition) is 0. The Kier molecular flexibility index (Phi) is 5.53. The molecule has 0 aliphatic carbocycles. The van der Waals surface area contributed by atoms with Crippen LogP contribution in [0.1, 0.15) is 26.7 Å². The molecule has 4 nitrogen and oxygen atoms in total. The van der Waals surface area contributed by atoms with Gasteiger partial charge in [-0.05, 0) is 31.0 Å². The molecule has 0 bridgehead atoms. The highest BCUT2D eigenvalue weighted by atomic mass is 32.2. The van der Waals surface area contributed by atoms with Crippen molar-refractivity contribution in [2.75, 3.05) is 23.7 Å². The third-order valence-corrected chi connectivity index (χ3v) is 8.40. The number of alkyl halides is 3. The third-order valence-electron chi connectivity index (χ3n) is 4.65. The van der Waals surface area contributed by atoms with Crippen LogP contribution < -0.4 is 4.90 Å². The minimum atomic E-state index is -5.70. The molecule has 25 heavy (non-hydrogen) atoms. The average Bonchev–Trinajstić information content (AvgIpc) is 2.54. The first-order valence-corrected chi connectivity index (χ1v) is 10.5. The van der Waals surface area contributed by atoms with Crippen LogP contribution in [0.3, 0.4) is 0 Å². The Morgan fingerprint density at radius 2 is 1.84 bits per heavy atom. The molecule has 0 radical (unpaired) electrons. The van der Waals surface area contributed by atoms with E-state index in [9.17, 15) is 30.2 Å². The second-order valence-electron chi connectivity index (χ2n) is 5.92. The van der Waals surface area contributed by atoms with Gasteiger partial charge in [-0.3, -0.25) is 4.21 Å². The number of nitrogens with zero attached hydrogens (tertiary/aromatic N) is 1.